The van der Waals surface area contributed by atoms with E-state index in [1.165, 1.54) is 18.3 Å². The van der Waals surface area contributed by atoms with Crippen molar-refractivity contribution in [1.29, 1.82) is 0 Å². The lowest BCUT2D eigenvalue weighted by atomic mass is 10.2. The van der Waals surface area contributed by atoms with Crippen molar-refractivity contribution in [2.75, 3.05) is 10.6 Å². The molecule has 0 bridgehead atoms. The first-order valence-corrected chi connectivity index (χ1v) is 9.20. The van der Waals surface area contributed by atoms with Crippen molar-refractivity contribution in [2.45, 2.75) is 26.7 Å². The molecule has 2 heterocycles. The van der Waals surface area contributed by atoms with Gasteiger partial charge >= 0.3 is 0 Å². The molecule has 0 fully saturated rings. The largest absolute Gasteiger partial charge is 0.326 e. The SMILES string of the molecule is CCCc1nc(-n2cccc2)sc1C(=O)Nc1ccc(NC(C)=O)cc1. The molecule has 0 saturated carbocycles. The van der Waals surface area contributed by atoms with Crippen LogP contribution in [0.1, 0.15) is 35.6 Å². The molecule has 2 N–H and O–H groups in total. The van der Waals surface area contributed by atoms with Crippen molar-refractivity contribution < 1.29 is 9.59 Å². The molecular formula is C19H20N4O2S. The van der Waals surface area contributed by atoms with Crippen LogP contribution in [0.4, 0.5) is 11.4 Å². The van der Waals surface area contributed by atoms with Crippen molar-refractivity contribution in [3.05, 3.63) is 59.4 Å². The third-order valence-electron chi connectivity index (χ3n) is 3.67. The second kappa shape index (κ2) is 7.97. The number of hydrogen-bond donors (Lipinski definition) is 2. The Morgan fingerprint density at radius 1 is 1.08 bits per heavy atom. The molecule has 26 heavy (non-hydrogen) atoms. The van der Waals surface area contributed by atoms with E-state index in [2.05, 4.69) is 22.5 Å². The van der Waals surface area contributed by atoms with Gasteiger partial charge in [0.25, 0.3) is 5.91 Å². The summed E-state index contributed by atoms with van der Waals surface area (Å²) in [6.45, 7) is 3.52. The summed E-state index contributed by atoms with van der Waals surface area (Å²) in [6, 6.07) is 10.9. The van der Waals surface area contributed by atoms with Gasteiger partial charge in [0.2, 0.25) is 5.91 Å². The van der Waals surface area contributed by atoms with Gasteiger partial charge in [0, 0.05) is 30.7 Å². The summed E-state index contributed by atoms with van der Waals surface area (Å²) in [5.41, 5.74) is 2.17. The second-order valence-corrected chi connectivity index (χ2v) is 6.80. The number of benzene rings is 1. The third kappa shape index (κ3) is 4.18. The molecule has 0 atom stereocenters. The van der Waals surface area contributed by atoms with Gasteiger partial charge < -0.3 is 15.2 Å². The molecule has 3 rings (SSSR count). The standard InChI is InChI=1S/C19H20N4O2S/c1-3-6-16-17(26-19(22-16)23-11-4-5-12-23)18(25)21-15-9-7-14(8-10-15)20-13(2)24/h4-5,7-12H,3,6H2,1-2H3,(H,20,24)(H,21,25). The van der Waals surface area contributed by atoms with Crippen molar-refractivity contribution in [3.63, 3.8) is 0 Å². The van der Waals surface area contributed by atoms with E-state index >= 15 is 0 Å². The van der Waals surface area contributed by atoms with Crippen LogP contribution in [0, 0.1) is 0 Å². The quantitative estimate of drug-likeness (QED) is 0.688. The molecule has 0 aliphatic carbocycles. The molecule has 2 aromatic heterocycles. The fourth-order valence-corrected chi connectivity index (χ4v) is 3.50. The summed E-state index contributed by atoms with van der Waals surface area (Å²) in [7, 11) is 0. The fourth-order valence-electron chi connectivity index (χ4n) is 2.52. The average molecular weight is 368 g/mol. The number of thiazole rings is 1. The fraction of sp³-hybridized carbons (Fsp3) is 0.211. The molecule has 0 aliphatic rings. The minimum Gasteiger partial charge on any atom is -0.326 e. The first-order chi connectivity index (χ1) is 12.6. The number of nitrogens with zero attached hydrogens (tertiary/aromatic N) is 2. The molecule has 7 heteroatoms. The first-order valence-electron chi connectivity index (χ1n) is 8.39. The van der Waals surface area contributed by atoms with Gasteiger partial charge in [-0.1, -0.05) is 24.7 Å². The highest BCUT2D eigenvalue weighted by atomic mass is 32.1. The van der Waals surface area contributed by atoms with Gasteiger partial charge in [-0.3, -0.25) is 9.59 Å². The molecule has 134 valence electrons. The smallest absolute Gasteiger partial charge is 0.267 e. The van der Waals surface area contributed by atoms with E-state index in [1.54, 1.807) is 24.3 Å². The number of hydrogen-bond acceptors (Lipinski definition) is 4. The number of carbonyl (C=O) groups is 2. The van der Waals surface area contributed by atoms with E-state index in [1.807, 2.05) is 29.1 Å². The van der Waals surface area contributed by atoms with E-state index in [9.17, 15) is 9.59 Å². The zero-order valence-electron chi connectivity index (χ0n) is 14.7. The topological polar surface area (TPSA) is 76.0 Å². The van der Waals surface area contributed by atoms with Crippen LogP contribution in [0.25, 0.3) is 5.13 Å². The Bertz CT molecular complexity index is 898. The first kappa shape index (κ1) is 17.9. The lowest BCUT2D eigenvalue weighted by Crippen LogP contribution is -2.12. The minimum atomic E-state index is -0.170. The van der Waals surface area contributed by atoms with Gasteiger partial charge in [0.15, 0.2) is 5.13 Å². The maximum absolute atomic E-state index is 12.7. The van der Waals surface area contributed by atoms with E-state index in [0.717, 1.165) is 23.7 Å². The molecule has 0 radical (unpaired) electrons. The van der Waals surface area contributed by atoms with E-state index in [4.69, 9.17) is 0 Å². The number of carbonyl (C=O) groups excluding carboxylic acids is 2. The van der Waals surface area contributed by atoms with Crippen LogP contribution in [-0.2, 0) is 11.2 Å². The number of nitrogens with one attached hydrogen (secondary N) is 2. The summed E-state index contributed by atoms with van der Waals surface area (Å²) < 4.78 is 1.91. The molecular weight excluding hydrogens is 348 g/mol. The van der Waals surface area contributed by atoms with Crippen molar-refractivity contribution in [2.24, 2.45) is 0 Å². The van der Waals surface area contributed by atoms with Crippen molar-refractivity contribution in [1.82, 2.24) is 9.55 Å². The molecule has 6 nitrogen and oxygen atoms in total. The Labute approximate surface area is 155 Å². The molecule has 3 aromatic rings. The average Bonchev–Trinajstić information content (AvgIpc) is 3.26. The Morgan fingerprint density at radius 3 is 2.27 bits per heavy atom. The Hall–Kier alpha value is -2.93. The number of aromatic nitrogens is 2. The van der Waals surface area contributed by atoms with Gasteiger partial charge in [0.05, 0.1) is 5.69 Å². The molecule has 0 spiro atoms. The van der Waals surface area contributed by atoms with Crippen molar-refractivity contribution >= 4 is 34.5 Å². The maximum Gasteiger partial charge on any atom is 0.267 e. The Morgan fingerprint density at radius 2 is 1.69 bits per heavy atom. The van der Waals surface area contributed by atoms with E-state index in [-0.39, 0.29) is 11.8 Å². The molecule has 1 aromatic carbocycles. The Balaban J connectivity index is 1.79. The number of aryl methyl sites for hydroxylation is 1. The summed E-state index contributed by atoms with van der Waals surface area (Å²) in [5.74, 6) is -0.301. The van der Waals surface area contributed by atoms with Gasteiger partial charge in [-0.15, -0.1) is 0 Å². The third-order valence-corrected chi connectivity index (χ3v) is 4.78. The van der Waals surface area contributed by atoms with Crippen LogP contribution in [0.15, 0.2) is 48.8 Å². The monoisotopic (exact) mass is 368 g/mol. The van der Waals surface area contributed by atoms with E-state index < -0.39 is 0 Å². The van der Waals surface area contributed by atoms with Gasteiger partial charge in [-0.2, -0.15) is 0 Å². The highest BCUT2D eigenvalue weighted by molar-refractivity contribution is 7.16. The predicted molar refractivity (Wildman–Crippen MR) is 104 cm³/mol. The summed E-state index contributed by atoms with van der Waals surface area (Å²) in [5, 5.41) is 6.39. The highest BCUT2D eigenvalue weighted by Crippen LogP contribution is 2.25. The molecule has 0 aliphatic heterocycles. The maximum atomic E-state index is 12.7. The van der Waals surface area contributed by atoms with Crippen LogP contribution < -0.4 is 10.6 Å². The normalized spacial score (nSPS) is 10.5. The summed E-state index contributed by atoms with van der Waals surface area (Å²) >= 11 is 1.38. The minimum absolute atomic E-state index is 0.131. The number of rotatable bonds is 6. The van der Waals surface area contributed by atoms with Gasteiger partial charge in [0.1, 0.15) is 4.88 Å². The zero-order valence-corrected chi connectivity index (χ0v) is 15.5. The van der Waals surface area contributed by atoms with Crippen LogP contribution in [0.5, 0.6) is 0 Å². The second-order valence-electron chi connectivity index (χ2n) is 5.83. The lowest BCUT2D eigenvalue weighted by molar-refractivity contribution is -0.114. The zero-order chi connectivity index (χ0) is 18.5. The Kier molecular flexibility index (Phi) is 5.48. The van der Waals surface area contributed by atoms with Gasteiger partial charge in [-0.25, -0.2) is 4.98 Å². The van der Waals surface area contributed by atoms with Crippen LogP contribution in [-0.4, -0.2) is 21.4 Å². The van der Waals surface area contributed by atoms with Crippen LogP contribution in [0.2, 0.25) is 0 Å². The predicted octanol–water partition coefficient (Wildman–Crippen LogP) is 4.10. The van der Waals surface area contributed by atoms with E-state index in [0.29, 0.717) is 16.3 Å². The van der Waals surface area contributed by atoms with Crippen LogP contribution in [0.3, 0.4) is 0 Å². The molecule has 0 saturated heterocycles. The lowest BCUT2D eigenvalue weighted by Gasteiger charge is -2.06. The summed E-state index contributed by atoms with van der Waals surface area (Å²) in [6.07, 6.45) is 5.50. The van der Waals surface area contributed by atoms with Crippen molar-refractivity contribution in [3.8, 4) is 5.13 Å². The van der Waals surface area contributed by atoms with Crippen LogP contribution >= 0.6 is 11.3 Å². The van der Waals surface area contributed by atoms with Gasteiger partial charge in [-0.05, 0) is 42.8 Å². The number of amides is 2. The molecule has 2 amide bonds. The highest BCUT2D eigenvalue weighted by Gasteiger charge is 2.18. The summed E-state index contributed by atoms with van der Waals surface area (Å²) in [4.78, 5) is 29.1. The number of anilines is 2. The molecule has 0 unspecified atom stereocenters.